The predicted molar refractivity (Wildman–Crippen MR) is 106 cm³/mol. The number of hydrogen-bond donors (Lipinski definition) is 2. The van der Waals surface area contributed by atoms with E-state index < -0.39 is 0 Å². The van der Waals surface area contributed by atoms with E-state index in [0.29, 0.717) is 24.4 Å². The Morgan fingerprint density at radius 1 is 1.30 bits per heavy atom. The Kier molecular flexibility index (Phi) is 8.64. The van der Waals surface area contributed by atoms with Crippen LogP contribution in [0.1, 0.15) is 59.3 Å². The Morgan fingerprint density at radius 3 is 2.57 bits per heavy atom. The lowest BCUT2D eigenvalue weighted by Gasteiger charge is -2.23. The number of nitrogens with one attached hydrogen (secondary N) is 2. The molecule has 0 unspecified atom stereocenters. The largest absolute Gasteiger partial charge is 0.357 e. The average Bonchev–Trinajstić information content (AvgIpc) is 3.07. The van der Waals surface area contributed by atoms with E-state index in [0.717, 1.165) is 38.4 Å². The number of nitrogens with zero attached hydrogens (tertiary/aromatic N) is 2. The minimum Gasteiger partial charge on any atom is -0.357 e. The average molecular weight is 436 g/mol. The SMILES string of the molecule is CCNC(=NCCC(=O)NC1CCCC1)N1CCC(C)(C)C1.I. The molecule has 0 aromatic carbocycles. The molecule has 1 heterocycles. The molecule has 2 aliphatic rings. The van der Waals surface area contributed by atoms with E-state index in [4.69, 9.17) is 0 Å². The van der Waals surface area contributed by atoms with Crippen LogP contribution in [0.15, 0.2) is 4.99 Å². The van der Waals surface area contributed by atoms with Crippen LogP contribution in [-0.4, -0.2) is 49.0 Å². The number of carbonyl (C=O) groups is 1. The molecule has 2 fully saturated rings. The van der Waals surface area contributed by atoms with Crippen LogP contribution in [0.25, 0.3) is 0 Å². The van der Waals surface area contributed by atoms with Crippen molar-refractivity contribution in [3.05, 3.63) is 0 Å². The van der Waals surface area contributed by atoms with Gasteiger partial charge in [0.1, 0.15) is 0 Å². The summed E-state index contributed by atoms with van der Waals surface area (Å²) in [6.45, 7) is 10.2. The van der Waals surface area contributed by atoms with E-state index in [2.05, 4.69) is 41.3 Å². The summed E-state index contributed by atoms with van der Waals surface area (Å²) in [5, 5.41) is 6.48. The van der Waals surface area contributed by atoms with Crippen molar-refractivity contribution in [1.82, 2.24) is 15.5 Å². The Balaban J connectivity index is 0.00000264. The molecule has 134 valence electrons. The first-order valence-electron chi connectivity index (χ1n) is 8.83. The number of rotatable bonds is 5. The third kappa shape index (κ3) is 6.85. The molecule has 0 bridgehead atoms. The van der Waals surface area contributed by atoms with Crippen LogP contribution in [0.2, 0.25) is 0 Å². The van der Waals surface area contributed by atoms with Gasteiger partial charge in [-0.25, -0.2) is 0 Å². The van der Waals surface area contributed by atoms with E-state index in [9.17, 15) is 4.79 Å². The molecule has 6 heteroatoms. The van der Waals surface area contributed by atoms with E-state index in [1.807, 2.05) is 0 Å². The standard InChI is InChI=1S/C17H32N4O.HI/c1-4-18-16(21-12-10-17(2,3)13-21)19-11-9-15(22)20-14-7-5-6-8-14;/h14H,4-13H2,1-3H3,(H,18,19)(H,20,22);1H. The van der Waals surface area contributed by atoms with Crippen LogP contribution in [0.5, 0.6) is 0 Å². The molecule has 0 spiro atoms. The molecular weight excluding hydrogens is 403 g/mol. The van der Waals surface area contributed by atoms with Crippen LogP contribution >= 0.6 is 24.0 Å². The molecule has 1 aliphatic heterocycles. The summed E-state index contributed by atoms with van der Waals surface area (Å²) in [6, 6.07) is 0.407. The normalized spacial score (nSPS) is 21.2. The second-order valence-corrected chi connectivity index (χ2v) is 7.37. The molecule has 0 aromatic rings. The van der Waals surface area contributed by atoms with Gasteiger partial charge < -0.3 is 15.5 Å². The van der Waals surface area contributed by atoms with Crippen LogP contribution in [-0.2, 0) is 4.79 Å². The molecule has 0 radical (unpaired) electrons. The quantitative estimate of drug-likeness (QED) is 0.396. The maximum Gasteiger partial charge on any atom is 0.222 e. The van der Waals surface area contributed by atoms with Crippen LogP contribution < -0.4 is 10.6 Å². The third-order valence-corrected chi connectivity index (χ3v) is 4.63. The van der Waals surface area contributed by atoms with Crippen molar-refractivity contribution in [2.24, 2.45) is 10.4 Å². The molecule has 1 saturated heterocycles. The second-order valence-electron chi connectivity index (χ2n) is 7.37. The number of aliphatic imine (C=N–C) groups is 1. The maximum atomic E-state index is 11.9. The van der Waals surface area contributed by atoms with E-state index in [1.165, 1.54) is 19.3 Å². The molecular formula is C17H33IN4O. The Labute approximate surface area is 158 Å². The molecule has 0 atom stereocenters. The zero-order valence-electron chi connectivity index (χ0n) is 14.9. The topological polar surface area (TPSA) is 56.7 Å². The first-order valence-corrected chi connectivity index (χ1v) is 8.83. The van der Waals surface area contributed by atoms with Gasteiger partial charge in [-0.3, -0.25) is 9.79 Å². The number of halogens is 1. The lowest BCUT2D eigenvalue weighted by Crippen LogP contribution is -2.41. The molecule has 23 heavy (non-hydrogen) atoms. The first-order chi connectivity index (χ1) is 10.5. The van der Waals surface area contributed by atoms with Crippen molar-refractivity contribution in [2.75, 3.05) is 26.2 Å². The first kappa shape index (κ1) is 20.5. The molecule has 2 N–H and O–H groups in total. The van der Waals surface area contributed by atoms with Crippen molar-refractivity contribution < 1.29 is 4.79 Å². The lowest BCUT2D eigenvalue weighted by atomic mass is 9.93. The van der Waals surface area contributed by atoms with Crippen LogP contribution in [0.4, 0.5) is 0 Å². The highest BCUT2D eigenvalue weighted by Gasteiger charge is 2.30. The minimum absolute atomic E-state index is 0. The van der Waals surface area contributed by atoms with Gasteiger partial charge in [0.05, 0.1) is 6.54 Å². The van der Waals surface area contributed by atoms with Crippen molar-refractivity contribution >= 4 is 35.8 Å². The zero-order chi connectivity index (χ0) is 16.0. The van der Waals surface area contributed by atoms with E-state index in [-0.39, 0.29) is 29.9 Å². The van der Waals surface area contributed by atoms with Gasteiger partial charge in [-0.15, -0.1) is 24.0 Å². The summed E-state index contributed by atoms with van der Waals surface area (Å²) in [4.78, 5) is 18.9. The summed E-state index contributed by atoms with van der Waals surface area (Å²) in [5.41, 5.74) is 0.357. The highest BCUT2D eigenvalue weighted by molar-refractivity contribution is 14.0. The summed E-state index contributed by atoms with van der Waals surface area (Å²) in [7, 11) is 0. The molecule has 1 aliphatic carbocycles. The van der Waals surface area contributed by atoms with Gasteiger partial charge in [0.15, 0.2) is 5.96 Å². The summed E-state index contributed by atoms with van der Waals surface area (Å²) in [5.74, 6) is 1.11. The summed E-state index contributed by atoms with van der Waals surface area (Å²) < 4.78 is 0. The van der Waals surface area contributed by atoms with Gasteiger partial charge in [-0.2, -0.15) is 0 Å². The van der Waals surface area contributed by atoms with E-state index in [1.54, 1.807) is 0 Å². The number of likely N-dealkylation sites (tertiary alicyclic amines) is 1. The molecule has 0 aromatic heterocycles. The monoisotopic (exact) mass is 436 g/mol. The van der Waals surface area contributed by atoms with Crippen LogP contribution in [0, 0.1) is 5.41 Å². The summed E-state index contributed by atoms with van der Waals surface area (Å²) in [6.07, 6.45) is 6.46. The Morgan fingerprint density at radius 2 is 2.00 bits per heavy atom. The fourth-order valence-corrected chi connectivity index (χ4v) is 3.35. The molecule has 2 rings (SSSR count). The minimum atomic E-state index is 0. The van der Waals surface area contributed by atoms with Gasteiger partial charge in [0.25, 0.3) is 0 Å². The van der Waals surface area contributed by atoms with Gasteiger partial charge >= 0.3 is 0 Å². The van der Waals surface area contributed by atoms with Gasteiger partial charge in [-0.1, -0.05) is 26.7 Å². The van der Waals surface area contributed by atoms with Crippen molar-refractivity contribution in [2.45, 2.75) is 65.3 Å². The van der Waals surface area contributed by atoms with E-state index >= 15 is 0 Å². The van der Waals surface area contributed by atoms with Crippen molar-refractivity contribution in [1.29, 1.82) is 0 Å². The fourth-order valence-electron chi connectivity index (χ4n) is 3.35. The molecule has 5 nitrogen and oxygen atoms in total. The Bertz CT molecular complexity index is 405. The Hall–Kier alpha value is -0.530. The smallest absolute Gasteiger partial charge is 0.222 e. The van der Waals surface area contributed by atoms with Gasteiger partial charge in [0.2, 0.25) is 5.91 Å². The van der Waals surface area contributed by atoms with Crippen molar-refractivity contribution in [3.63, 3.8) is 0 Å². The van der Waals surface area contributed by atoms with Gasteiger partial charge in [-0.05, 0) is 31.6 Å². The second kappa shape index (κ2) is 9.69. The predicted octanol–water partition coefficient (Wildman–Crippen LogP) is 2.75. The number of carbonyl (C=O) groups excluding carboxylic acids is 1. The van der Waals surface area contributed by atoms with Crippen LogP contribution in [0.3, 0.4) is 0 Å². The summed E-state index contributed by atoms with van der Waals surface area (Å²) >= 11 is 0. The number of guanidine groups is 1. The van der Waals surface area contributed by atoms with Crippen molar-refractivity contribution in [3.8, 4) is 0 Å². The third-order valence-electron chi connectivity index (χ3n) is 4.63. The number of hydrogen-bond acceptors (Lipinski definition) is 2. The lowest BCUT2D eigenvalue weighted by molar-refractivity contribution is -0.121. The maximum absolute atomic E-state index is 11.9. The molecule has 1 amide bonds. The highest BCUT2D eigenvalue weighted by Crippen LogP contribution is 2.28. The highest BCUT2D eigenvalue weighted by atomic mass is 127. The number of amides is 1. The molecule has 1 saturated carbocycles. The fraction of sp³-hybridized carbons (Fsp3) is 0.882. The zero-order valence-corrected chi connectivity index (χ0v) is 17.2. The van der Waals surface area contributed by atoms with Gasteiger partial charge in [0, 0.05) is 32.1 Å².